The van der Waals surface area contributed by atoms with Crippen molar-refractivity contribution in [3.8, 4) is 0 Å². The highest BCUT2D eigenvalue weighted by molar-refractivity contribution is 7.15. The largest absolute Gasteiger partial charge is 0.300 e. The number of imide groups is 1. The molecule has 1 atom stereocenters. The van der Waals surface area contributed by atoms with Gasteiger partial charge in [-0.2, -0.15) is 0 Å². The molecule has 0 saturated carbocycles. The zero-order valence-electron chi connectivity index (χ0n) is 13.7. The number of aryl methyl sites for hydroxylation is 2. The molecular weight excluding hydrogens is 338 g/mol. The highest BCUT2D eigenvalue weighted by Gasteiger charge is 2.40. The van der Waals surface area contributed by atoms with E-state index >= 15 is 0 Å². The SMILES string of the molecule is C[C@H](C(=O)Nc1nc2c(s1)CCCC2)N1C(=O)c2ccccc2C1=O. The molecule has 0 bridgehead atoms. The number of nitrogens with one attached hydrogen (secondary N) is 1. The van der Waals surface area contributed by atoms with Crippen LogP contribution in [0.4, 0.5) is 5.13 Å². The average Bonchev–Trinajstić information content (AvgIpc) is 3.13. The van der Waals surface area contributed by atoms with Gasteiger partial charge in [0.15, 0.2) is 5.13 Å². The first-order valence-electron chi connectivity index (χ1n) is 8.32. The molecule has 0 spiro atoms. The highest BCUT2D eigenvalue weighted by atomic mass is 32.1. The molecule has 6 nitrogen and oxygen atoms in total. The van der Waals surface area contributed by atoms with E-state index in [9.17, 15) is 14.4 Å². The van der Waals surface area contributed by atoms with E-state index in [-0.39, 0.29) is 0 Å². The van der Waals surface area contributed by atoms with Crippen LogP contribution < -0.4 is 5.32 Å². The molecule has 3 amide bonds. The van der Waals surface area contributed by atoms with Crippen LogP contribution in [0.25, 0.3) is 0 Å². The van der Waals surface area contributed by atoms with E-state index in [4.69, 9.17) is 0 Å². The number of nitrogens with zero attached hydrogens (tertiary/aromatic N) is 2. The lowest BCUT2D eigenvalue weighted by atomic mass is 10.0. The molecule has 0 unspecified atom stereocenters. The third kappa shape index (κ3) is 2.64. The minimum atomic E-state index is -0.895. The number of carbonyl (C=O) groups excluding carboxylic acids is 3. The number of rotatable bonds is 3. The van der Waals surface area contributed by atoms with Crippen LogP contribution in [0, 0.1) is 0 Å². The molecule has 0 fully saturated rings. The van der Waals surface area contributed by atoms with Crippen LogP contribution >= 0.6 is 11.3 Å². The molecule has 1 N–H and O–H groups in total. The molecule has 0 saturated heterocycles. The fourth-order valence-corrected chi connectivity index (χ4v) is 4.34. The summed E-state index contributed by atoms with van der Waals surface area (Å²) in [6, 6.07) is 5.73. The van der Waals surface area contributed by atoms with E-state index in [1.54, 1.807) is 31.2 Å². The lowest BCUT2D eigenvalue weighted by Crippen LogP contribution is -2.45. The predicted octanol–water partition coefficient (Wildman–Crippen LogP) is 2.65. The maximum atomic E-state index is 12.6. The summed E-state index contributed by atoms with van der Waals surface area (Å²) in [5.41, 5.74) is 1.74. The maximum Gasteiger partial charge on any atom is 0.262 e. The van der Waals surface area contributed by atoms with Crippen molar-refractivity contribution >= 4 is 34.2 Å². The molecule has 1 aliphatic carbocycles. The van der Waals surface area contributed by atoms with E-state index in [2.05, 4.69) is 10.3 Å². The van der Waals surface area contributed by atoms with Gasteiger partial charge in [-0.15, -0.1) is 11.3 Å². The van der Waals surface area contributed by atoms with Crippen molar-refractivity contribution in [2.24, 2.45) is 0 Å². The Kier molecular flexibility index (Phi) is 3.88. The Balaban J connectivity index is 1.52. The lowest BCUT2D eigenvalue weighted by molar-refractivity contribution is -0.119. The Morgan fingerprint density at radius 3 is 2.44 bits per heavy atom. The summed E-state index contributed by atoms with van der Waals surface area (Å²) in [6.07, 6.45) is 4.20. The number of hydrogen-bond acceptors (Lipinski definition) is 5. The maximum absolute atomic E-state index is 12.6. The van der Waals surface area contributed by atoms with E-state index in [0.717, 1.165) is 36.3 Å². The van der Waals surface area contributed by atoms with Gasteiger partial charge in [0.2, 0.25) is 5.91 Å². The summed E-state index contributed by atoms with van der Waals surface area (Å²) in [4.78, 5) is 44.2. The summed E-state index contributed by atoms with van der Waals surface area (Å²) >= 11 is 1.48. The minimum Gasteiger partial charge on any atom is -0.300 e. The lowest BCUT2D eigenvalue weighted by Gasteiger charge is -2.21. The number of aromatic nitrogens is 1. The van der Waals surface area contributed by atoms with Gasteiger partial charge in [-0.3, -0.25) is 19.3 Å². The fraction of sp³-hybridized carbons (Fsp3) is 0.333. The molecule has 4 rings (SSSR count). The van der Waals surface area contributed by atoms with Gasteiger partial charge in [0.25, 0.3) is 11.8 Å². The van der Waals surface area contributed by atoms with Crippen molar-refractivity contribution in [3.63, 3.8) is 0 Å². The second kappa shape index (κ2) is 6.07. The van der Waals surface area contributed by atoms with Gasteiger partial charge < -0.3 is 5.32 Å². The molecule has 1 aromatic carbocycles. The number of amides is 3. The van der Waals surface area contributed by atoms with Crippen molar-refractivity contribution in [2.45, 2.75) is 38.6 Å². The quantitative estimate of drug-likeness (QED) is 0.859. The van der Waals surface area contributed by atoms with Gasteiger partial charge in [-0.05, 0) is 44.7 Å². The van der Waals surface area contributed by atoms with Crippen LogP contribution in [0.5, 0.6) is 0 Å². The second-order valence-electron chi connectivity index (χ2n) is 6.29. The first-order valence-corrected chi connectivity index (χ1v) is 9.14. The summed E-state index contributed by atoms with van der Waals surface area (Å²) in [6.45, 7) is 1.56. The zero-order valence-corrected chi connectivity index (χ0v) is 14.6. The second-order valence-corrected chi connectivity index (χ2v) is 7.37. The van der Waals surface area contributed by atoms with Crippen LogP contribution in [0.3, 0.4) is 0 Å². The van der Waals surface area contributed by atoms with Crippen molar-refractivity contribution in [2.75, 3.05) is 5.32 Å². The Labute approximate surface area is 148 Å². The normalized spacial score (nSPS) is 17.2. The summed E-state index contributed by atoms with van der Waals surface area (Å²) in [5, 5.41) is 3.31. The monoisotopic (exact) mass is 355 g/mol. The number of carbonyl (C=O) groups is 3. The third-order valence-electron chi connectivity index (χ3n) is 4.67. The van der Waals surface area contributed by atoms with Gasteiger partial charge in [-0.25, -0.2) is 4.98 Å². The van der Waals surface area contributed by atoms with E-state index < -0.39 is 23.8 Å². The molecule has 2 aliphatic rings. The number of benzene rings is 1. The van der Waals surface area contributed by atoms with Crippen LogP contribution in [0.1, 0.15) is 51.1 Å². The van der Waals surface area contributed by atoms with Crippen molar-refractivity contribution in [1.29, 1.82) is 0 Å². The minimum absolute atomic E-state index is 0.344. The van der Waals surface area contributed by atoms with Gasteiger partial charge in [0, 0.05) is 4.88 Å². The molecular formula is C18H17N3O3S. The Hall–Kier alpha value is -2.54. The van der Waals surface area contributed by atoms with Gasteiger partial charge in [0.1, 0.15) is 6.04 Å². The molecule has 128 valence electrons. The first-order chi connectivity index (χ1) is 12.1. The number of thiazole rings is 1. The Morgan fingerprint density at radius 2 is 1.80 bits per heavy atom. The van der Waals surface area contributed by atoms with Gasteiger partial charge in [-0.1, -0.05) is 12.1 Å². The van der Waals surface area contributed by atoms with Gasteiger partial charge >= 0.3 is 0 Å². The van der Waals surface area contributed by atoms with E-state index in [0.29, 0.717) is 16.3 Å². The van der Waals surface area contributed by atoms with Crippen molar-refractivity contribution in [3.05, 3.63) is 46.0 Å². The molecule has 2 heterocycles. The number of anilines is 1. The summed E-state index contributed by atoms with van der Waals surface area (Å²) in [7, 11) is 0. The van der Waals surface area contributed by atoms with Crippen LogP contribution in [0.2, 0.25) is 0 Å². The van der Waals surface area contributed by atoms with Crippen molar-refractivity contribution in [1.82, 2.24) is 9.88 Å². The summed E-state index contributed by atoms with van der Waals surface area (Å²) < 4.78 is 0. The molecule has 7 heteroatoms. The van der Waals surface area contributed by atoms with Crippen molar-refractivity contribution < 1.29 is 14.4 Å². The molecule has 2 aromatic rings. The predicted molar refractivity (Wildman–Crippen MR) is 93.8 cm³/mol. The van der Waals surface area contributed by atoms with Crippen LogP contribution in [0.15, 0.2) is 24.3 Å². The molecule has 0 radical (unpaired) electrons. The summed E-state index contributed by atoms with van der Waals surface area (Å²) in [5.74, 6) is -1.26. The third-order valence-corrected chi connectivity index (χ3v) is 5.74. The smallest absolute Gasteiger partial charge is 0.262 e. The standard InChI is InChI=1S/C18H17N3O3S/c1-10(21-16(23)11-6-2-3-7-12(11)17(21)24)15(22)20-18-19-13-8-4-5-9-14(13)25-18/h2-3,6-7,10H,4-5,8-9H2,1H3,(H,19,20,22)/t10-/m1/s1. The fourth-order valence-electron chi connectivity index (χ4n) is 3.29. The van der Waals surface area contributed by atoms with E-state index in [1.165, 1.54) is 16.2 Å². The zero-order chi connectivity index (χ0) is 17.6. The topological polar surface area (TPSA) is 79.4 Å². The Morgan fingerprint density at radius 1 is 1.16 bits per heavy atom. The first kappa shape index (κ1) is 16.0. The highest BCUT2D eigenvalue weighted by Crippen LogP contribution is 2.30. The van der Waals surface area contributed by atoms with Crippen LogP contribution in [-0.4, -0.2) is 33.6 Å². The molecule has 1 aliphatic heterocycles. The number of fused-ring (bicyclic) bond motifs is 2. The van der Waals surface area contributed by atoms with Crippen LogP contribution in [-0.2, 0) is 17.6 Å². The van der Waals surface area contributed by atoms with Gasteiger partial charge in [0.05, 0.1) is 16.8 Å². The molecule has 1 aromatic heterocycles. The van der Waals surface area contributed by atoms with E-state index in [1.807, 2.05) is 0 Å². The number of hydrogen-bond donors (Lipinski definition) is 1. The average molecular weight is 355 g/mol. The molecule has 25 heavy (non-hydrogen) atoms. The Bertz CT molecular complexity index is 831.